The zero-order valence-electron chi connectivity index (χ0n) is 56.0. The second kappa shape index (κ2) is 39.6. The molecule has 1 aliphatic heterocycles. The normalized spacial score (nSPS) is 15.6. The molecule has 1 fully saturated rings. The molecule has 3 aromatic carbocycles. The molecule has 2 aromatic heterocycles. The van der Waals surface area contributed by atoms with Crippen LogP contribution in [-0.4, -0.2) is 263 Å². The van der Waals surface area contributed by atoms with Crippen LogP contribution in [0.2, 0.25) is 0 Å². The molecular weight excluding hydrogens is 1320 g/mol. The van der Waals surface area contributed by atoms with Crippen LogP contribution in [-0.2, 0) is 81.6 Å². The Kier molecular flexibility index (Phi) is 31.0. The Hall–Kier alpha value is -10.9. The number of aliphatic carboxylic acids is 5. The van der Waals surface area contributed by atoms with E-state index in [1.165, 1.54) is 37.4 Å². The number of rotatable bonds is 38. The van der Waals surface area contributed by atoms with Gasteiger partial charge in [0, 0.05) is 95.1 Å². The number of H-pyrrole nitrogens is 1. The molecule has 6 rings (SSSR count). The van der Waals surface area contributed by atoms with E-state index < -0.39 is 158 Å². The molecule has 0 radical (unpaired) electrons. The van der Waals surface area contributed by atoms with Crippen molar-refractivity contribution in [2.75, 3.05) is 85.1 Å². The van der Waals surface area contributed by atoms with Crippen LogP contribution in [0.1, 0.15) is 86.8 Å². The number of aromatic amines is 1. The third kappa shape index (κ3) is 27.0. The number of primary amides is 1. The lowest BCUT2D eigenvalue weighted by Crippen LogP contribution is -2.59. The van der Waals surface area contributed by atoms with Gasteiger partial charge in [-0.15, -0.1) is 5.10 Å². The van der Waals surface area contributed by atoms with Crippen LogP contribution in [0.3, 0.4) is 0 Å². The Balaban J connectivity index is 1.17. The first kappa shape index (κ1) is 79.1. The highest BCUT2D eigenvalue weighted by molar-refractivity contribution is 5.98. The number of carboxylic acid groups (broad SMARTS) is 5. The van der Waals surface area contributed by atoms with Gasteiger partial charge in [0.15, 0.2) is 0 Å². The van der Waals surface area contributed by atoms with Gasteiger partial charge in [-0.1, -0.05) is 85.6 Å². The van der Waals surface area contributed by atoms with Gasteiger partial charge >= 0.3 is 29.8 Å². The predicted octanol–water partition coefficient (Wildman–Crippen LogP) is -2.06. The number of para-hydroxylation sites is 1. The van der Waals surface area contributed by atoms with E-state index in [2.05, 4.69) is 52.5 Å². The van der Waals surface area contributed by atoms with Gasteiger partial charge in [-0.25, -0.2) is 4.68 Å². The van der Waals surface area contributed by atoms with Crippen molar-refractivity contribution in [3.05, 3.63) is 114 Å². The average Bonchev–Trinajstić information content (AvgIpc) is 1.65. The van der Waals surface area contributed by atoms with Crippen LogP contribution >= 0.6 is 0 Å². The van der Waals surface area contributed by atoms with Gasteiger partial charge in [-0.2, -0.15) is 0 Å². The molecule has 35 heteroatoms. The van der Waals surface area contributed by atoms with Gasteiger partial charge in [0.25, 0.3) is 0 Å². The zero-order chi connectivity index (χ0) is 73.7. The summed E-state index contributed by atoms with van der Waals surface area (Å²) in [5.41, 5.74) is 8.07. The molecule has 7 atom stereocenters. The molecule has 1 saturated heterocycles. The molecule has 0 saturated carbocycles. The number of fused-ring (bicyclic) bond motifs is 1. The Morgan fingerprint density at radius 1 is 0.525 bits per heavy atom. The zero-order valence-corrected chi connectivity index (χ0v) is 56.0. The summed E-state index contributed by atoms with van der Waals surface area (Å²) in [6.45, 7) is 1.78. The van der Waals surface area contributed by atoms with Gasteiger partial charge in [0.05, 0.1) is 51.4 Å². The van der Waals surface area contributed by atoms with Crippen LogP contribution in [0, 0.1) is 0 Å². The Bertz CT molecular complexity index is 3650. The van der Waals surface area contributed by atoms with Gasteiger partial charge in [-0.05, 0) is 54.7 Å². The number of phenols is 1. The lowest BCUT2D eigenvalue weighted by atomic mass is 10.0. The summed E-state index contributed by atoms with van der Waals surface area (Å²) < 4.78 is 1.15. The molecule has 0 aliphatic carbocycles. The molecule has 16 N–H and O–H groups in total. The highest BCUT2D eigenvalue weighted by atomic mass is 16.4. The number of nitrogens with two attached hydrogens (primary N) is 1. The number of carboxylic acids is 5. The van der Waals surface area contributed by atoms with Crippen LogP contribution in [0.15, 0.2) is 91.3 Å². The van der Waals surface area contributed by atoms with Crippen molar-refractivity contribution in [1.82, 2.24) is 76.8 Å². The molecule has 5 aromatic rings. The van der Waals surface area contributed by atoms with Crippen LogP contribution in [0.5, 0.6) is 5.75 Å². The third-order valence-electron chi connectivity index (χ3n) is 16.6. The first-order valence-corrected chi connectivity index (χ1v) is 32.8. The number of aromatic hydroxyl groups is 1. The number of nitrogens with one attached hydrogen (secondary N) is 8. The molecule has 3 heterocycles. The maximum Gasteiger partial charge on any atom is 0.317 e. The molecule has 0 unspecified atom stereocenters. The fourth-order valence-corrected chi connectivity index (χ4v) is 11.2. The van der Waals surface area contributed by atoms with E-state index in [1.54, 1.807) is 80.4 Å². The molecular formula is C66H88N16O19. The van der Waals surface area contributed by atoms with Crippen molar-refractivity contribution in [3.63, 3.8) is 0 Å². The van der Waals surface area contributed by atoms with E-state index in [0.29, 0.717) is 40.4 Å². The summed E-state index contributed by atoms with van der Waals surface area (Å²) in [5, 5.41) is 85.5. The van der Waals surface area contributed by atoms with Crippen LogP contribution < -0.4 is 43.0 Å². The lowest BCUT2D eigenvalue weighted by Gasteiger charge is -2.33. The number of phenolic OH excluding ortho intramolecular Hbond substituents is 1. The molecule has 35 nitrogen and oxygen atoms in total. The van der Waals surface area contributed by atoms with Gasteiger partial charge in [-0.3, -0.25) is 81.9 Å². The fraction of sp³-hybridized carbons (Fsp3) is 0.470. The van der Waals surface area contributed by atoms with Gasteiger partial charge in [0.1, 0.15) is 47.7 Å². The average molecular weight is 1410 g/mol. The quantitative estimate of drug-likeness (QED) is 0.0202. The summed E-state index contributed by atoms with van der Waals surface area (Å²) in [6.07, 6.45) is 1.60. The van der Waals surface area contributed by atoms with E-state index in [4.69, 9.17) is 5.73 Å². The van der Waals surface area contributed by atoms with Crippen molar-refractivity contribution in [1.29, 1.82) is 0 Å². The molecule has 0 spiro atoms. The summed E-state index contributed by atoms with van der Waals surface area (Å²) in [5.74, 6) is -13.4. The third-order valence-corrected chi connectivity index (χ3v) is 16.6. The maximum atomic E-state index is 14.6. The Morgan fingerprint density at radius 3 is 1.59 bits per heavy atom. The van der Waals surface area contributed by atoms with Crippen molar-refractivity contribution < 1.29 is 93.0 Å². The standard InChI is InChI=1S/C66H88N16O19/c1-3-4-13-47(63(98)75-51(32-57(88)89)65(100)74-49(61(67)96)29-41-10-6-5-7-11-41)73-64(99)50(31-43-33-68-46-14-9-8-12-45(43)46)72-54(84)34-69-66(101)53(30-42-15-17-44(83)18-16-42)82-35-52(76-77-82)40(2)70-62(97)48(19-20-56(86)87)71-55(85)36-78-21-23-79(37-58(90)91)25-27-81(39-60(94)95)28-26-80(24-22-78)38-59(92)93/h5-12,14-18,33,35,40,47-51,53,68,83H,3-4,13,19-32,34,36-39H2,1-2H3,(H2,67,96)(H,69,101)(H,70,97)(H,71,85)(H,72,84)(H,73,99)(H,74,100)(H,75,98)(H,86,87)(H,88,89)(H,90,91)(H,92,93)(H,94,95)/t40-,47-,48+,49-,50-,51-,53-/m0/s1. The van der Waals surface area contributed by atoms with Gasteiger partial charge in [0.2, 0.25) is 47.3 Å². The van der Waals surface area contributed by atoms with E-state index in [0.717, 1.165) is 4.68 Å². The smallest absolute Gasteiger partial charge is 0.317 e. The number of carbonyl (C=O) groups excluding carboxylic acids is 8. The summed E-state index contributed by atoms with van der Waals surface area (Å²) >= 11 is 0. The molecule has 1 aliphatic rings. The largest absolute Gasteiger partial charge is 0.508 e. The number of benzene rings is 3. The SMILES string of the molecule is CCCC[C@H](NC(=O)[C@H](Cc1c[nH]c2ccccc12)NC(=O)CNC(=O)[C@H](Cc1ccc(O)cc1)n1cc([C@H](C)NC(=O)[C@@H](CCC(=O)O)NC(=O)CN2CCN(CC(=O)O)CCN(CC(=O)O)CCN(CC(=O)O)CC2)nn1)C(=O)N[C@@H](CC(=O)O)C(=O)N[C@@H](Cc1ccccc1)C(N)=O. The molecule has 0 bridgehead atoms. The van der Waals surface area contributed by atoms with Crippen molar-refractivity contribution in [2.45, 2.75) is 114 Å². The number of amides is 8. The number of unbranched alkanes of at least 4 members (excludes halogenated alkanes) is 1. The Labute approximate surface area is 579 Å². The monoisotopic (exact) mass is 1410 g/mol. The summed E-state index contributed by atoms with van der Waals surface area (Å²) in [6, 6.07) is 11.8. The molecule has 101 heavy (non-hydrogen) atoms. The van der Waals surface area contributed by atoms with E-state index in [9.17, 15) is 93.0 Å². The van der Waals surface area contributed by atoms with Crippen LogP contribution in [0.4, 0.5) is 0 Å². The first-order valence-electron chi connectivity index (χ1n) is 32.8. The number of aromatic nitrogens is 4. The summed E-state index contributed by atoms with van der Waals surface area (Å²) in [7, 11) is 0. The predicted molar refractivity (Wildman–Crippen MR) is 359 cm³/mol. The lowest BCUT2D eigenvalue weighted by molar-refractivity contribution is -0.141. The second-order valence-electron chi connectivity index (χ2n) is 24.5. The molecule has 546 valence electrons. The fourth-order valence-electron chi connectivity index (χ4n) is 11.2. The highest BCUT2D eigenvalue weighted by Gasteiger charge is 2.34. The minimum atomic E-state index is -1.75. The van der Waals surface area contributed by atoms with Crippen molar-refractivity contribution in [3.8, 4) is 5.75 Å². The number of hydrogen-bond donors (Lipinski definition) is 15. The van der Waals surface area contributed by atoms with E-state index in [1.807, 2.05) is 6.92 Å². The van der Waals surface area contributed by atoms with Crippen LogP contribution in [0.25, 0.3) is 10.9 Å². The second-order valence-corrected chi connectivity index (χ2v) is 24.5. The van der Waals surface area contributed by atoms with E-state index >= 15 is 0 Å². The molecule has 8 amide bonds. The van der Waals surface area contributed by atoms with Gasteiger partial charge < -0.3 is 78.6 Å². The number of nitrogens with zero attached hydrogens (tertiary/aromatic N) is 7. The number of carbonyl (C=O) groups is 13. The minimum absolute atomic E-state index is 0.0117. The first-order chi connectivity index (χ1) is 48.1. The van der Waals surface area contributed by atoms with E-state index in [-0.39, 0.29) is 102 Å². The van der Waals surface area contributed by atoms with Crippen molar-refractivity contribution in [2.24, 2.45) is 5.73 Å². The highest BCUT2D eigenvalue weighted by Crippen LogP contribution is 2.22. The minimum Gasteiger partial charge on any atom is -0.508 e. The summed E-state index contributed by atoms with van der Waals surface area (Å²) in [4.78, 5) is 180. The van der Waals surface area contributed by atoms with Crippen molar-refractivity contribution >= 4 is 88.0 Å². The maximum absolute atomic E-state index is 14.6. The Morgan fingerprint density at radius 2 is 1.03 bits per heavy atom. The topological polar surface area (TPSA) is 513 Å². The number of hydrogen-bond acceptors (Lipinski definition) is 20.